The van der Waals surface area contributed by atoms with Gasteiger partial charge in [-0.1, -0.05) is 122 Å². The highest BCUT2D eigenvalue weighted by molar-refractivity contribution is 6.11. The summed E-state index contributed by atoms with van der Waals surface area (Å²) in [4.78, 5) is 15.3. The van der Waals surface area contributed by atoms with Gasteiger partial charge in [0.05, 0.1) is 11.0 Å². The van der Waals surface area contributed by atoms with Gasteiger partial charge in [0, 0.05) is 44.8 Å². The predicted molar refractivity (Wildman–Crippen MR) is 226 cm³/mol. The SMILES string of the molecule is CCC(Cc1nc(-c2ccccc2)nc(-c2ccc3c(c2)oc2ccccc23)n1)c1ccccc1-c1cc2c3ccccc3n(-c3ccccc3)c2cc1C. The fourth-order valence-electron chi connectivity index (χ4n) is 8.28. The van der Waals surface area contributed by atoms with Crippen LogP contribution in [0.1, 0.15) is 36.2 Å². The molecule has 0 spiro atoms. The number of hydrogen-bond acceptors (Lipinski definition) is 4. The molecule has 264 valence electrons. The zero-order chi connectivity index (χ0) is 36.9. The van der Waals surface area contributed by atoms with Gasteiger partial charge < -0.3 is 8.98 Å². The summed E-state index contributed by atoms with van der Waals surface area (Å²) in [6.45, 7) is 4.50. The lowest BCUT2D eigenvalue weighted by molar-refractivity contribution is 0.636. The van der Waals surface area contributed by atoms with Crippen molar-refractivity contribution in [1.29, 1.82) is 0 Å². The fraction of sp³-hybridized carbons (Fsp3) is 0.100. The molecule has 5 heteroatoms. The van der Waals surface area contributed by atoms with Crippen LogP contribution in [0, 0.1) is 6.92 Å². The number of nitrogens with zero attached hydrogens (tertiary/aromatic N) is 4. The fourth-order valence-corrected chi connectivity index (χ4v) is 8.28. The maximum Gasteiger partial charge on any atom is 0.163 e. The summed E-state index contributed by atoms with van der Waals surface area (Å²) in [6, 6.07) is 57.6. The summed E-state index contributed by atoms with van der Waals surface area (Å²) in [5.41, 5.74) is 12.2. The molecule has 1 atom stereocenters. The van der Waals surface area contributed by atoms with Crippen molar-refractivity contribution in [2.24, 2.45) is 0 Å². The number of aryl methyl sites for hydroxylation is 1. The van der Waals surface area contributed by atoms with Crippen molar-refractivity contribution in [2.75, 3.05) is 0 Å². The van der Waals surface area contributed by atoms with Crippen molar-refractivity contribution in [3.05, 3.63) is 181 Å². The second-order valence-corrected chi connectivity index (χ2v) is 14.3. The van der Waals surface area contributed by atoms with E-state index in [0.717, 1.165) is 51.0 Å². The number of hydrogen-bond donors (Lipinski definition) is 0. The molecule has 10 aromatic rings. The first-order valence-electron chi connectivity index (χ1n) is 19.0. The third kappa shape index (κ3) is 5.76. The van der Waals surface area contributed by atoms with Crippen molar-refractivity contribution in [1.82, 2.24) is 19.5 Å². The molecule has 3 aromatic heterocycles. The zero-order valence-corrected chi connectivity index (χ0v) is 30.8. The summed E-state index contributed by atoms with van der Waals surface area (Å²) in [6.07, 6.45) is 1.60. The number of rotatable bonds is 8. The molecule has 0 N–H and O–H groups in total. The molecule has 0 aliphatic heterocycles. The van der Waals surface area contributed by atoms with E-state index in [9.17, 15) is 0 Å². The maximum atomic E-state index is 6.27. The average molecular weight is 711 g/mol. The minimum Gasteiger partial charge on any atom is -0.456 e. The first-order valence-corrected chi connectivity index (χ1v) is 19.0. The maximum absolute atomic E-state index is 6.27. The summed E-state index contributed by atoms with van der Waals surface area (Å²) in [5.74, 6) is 2.26. The van der Waals surface area contributed by atoms with Crippen LogP contribution in [0.25, 0.3) is 83.3 Å². The van der Waals surface area contributed by atoms with Crippen LogP contribution in [0.2, 0.25) is 0 Å². The molecule has 0 fully saturated rings. The molecule has 0 amide bonds. The van der Waals surface area contributed by atoms with E-state index in [2.05, 4.69) is 146 Å². The molecule has 55 heavy (non-hydrogen) atoms. The first kappa shape index (κ1) is 32.8. The summed E-state index contributed by atoms with van der Waals surface area (Å²) < 4.78 is 8.65. The van der Waals surface area contributed by atoms with E-state index in [0.29, 0.717) is 18.1 Å². The Hall–Kier alpha value is -6.85. The van der Waals surface area contributed by atoms with Crippen molar-refractivity contribution >= 4 is 43.7 Å². The number of fused-ring (bicyclic) bond motifs is 6. The normalized spacial score (nSPS) is 12.3. The monoisotopic (exact) mass is 710 g/mol. The quantitative estimate of drug-likeness (QED) is 0.158. The predicted octanol–water partition coefficient (Wildman–Crippen LogP) is 12.9. The topological polar surface area (TPSA) is 56.7 Å². The second-order valence-electron chi connectivity index (χ2n) is 14.3. The summed E-state index contributed by atoms with van der Waals surface area (Å²) >= 11 is 0. The Labute approximate surface area is 319 Å². The smallest absolute Gasteiger partial charge is 0.163 e. The highest BCUT2D eigenvalue weighted by Gasteiger charge is 2.22. The van der Waals surface area contributed by atoms with Crippen molar-refractivity contribution in [2.45, 2.75) is 32.6 Å². The molecular formula is C50H38N4O. The van der Waals surface area contributed by atoms with E-state index < -0.39 is 0 Å². The molecule has 0 saturated carbocycles. The van der Waals surface area contributed by atoms with E-state index in [1.807, 2.05) is 36.4 Å². The van der Waals surface area contributed by atoms with Crippen LogP contribution in [-0.4, -0.2) is 19.5 Å². The molecule has 0 bridgehead atoms. The summed E-state index contributed by atoms with van der Waals surface area (Å²) in [7, 11) is 0. The molecule has 1 unspecified atom stereocenters. The number of aromatic nitrogens is 4. The van der Waals surface area contributed by atoms with Crippen molar-refractivity contribution in [3.8, 4) is 39.6 Å². The van der Waals surface area contributed by atoms with Gasteiger partial charge in [0.1, 0.15) is 17.0 Å². The van der Waals surface area contributed by atoms with Gasteiger partial charge in [-0.15, -0.1) is 0 Å². The number of benzene rings is 7. The van der Waals surface area contributed by atoms with Gasteiger partial charge in [-0.25, -0.2) is 15.0 Å². The van der Waals surface area contributed by atoms with Gasteiger partial charge in [-0.2, -0.15) is 0 Å². The van der Waals surface area contributed by atoms with Crippen molar-refractivity contribution < 1.29 is 4.42 Å². The molecule has 0 aliphatic rings. The van der Waals surface area contributed by atoms with Crippen LogP contribution >= 0.6 is 0 Å². The van der Waals surface area contributed by atoms with E-state index in [4.69, 9.17) is 19.4 Å². The molecule has 7 aromatic carbocycles. The van der Waals surface area contributed by atoms with E-state index in [1.54, 1.807) is 0 Å². The van der Waals surface area contributed by atoms with Crippen LogP contribution < -0.4 is 0 Å². The molecule has 0 aliphatic carbocycles. The van der Waals surface area contributed by atoms with Gasteiger partial charge in [0.2, 0.25) is 0 Å². The lowest BCUT2D eigenvalue weighted by Gasteiger charge is -2.21. The van der Waals surface area contributed by atoms with Crippen LogP contribution in [0.15, 0.2) is 168 Å². The molecule has 5 nitrogen and oxygen atoms in total. The number of para-hydroxylation sites is 3. The minimum absolute atomic E-state index is 0.175. The van der Waals surface area contributed by atoms with E-state index >= 15 is 0 Å². The molecular weight excluding hydrogens is 673 g/mol. The average Bonchev–Trinajstić information content (AvgIpc) is 3.77. The van der Waals surface area contributed by atoms with Crippen LogP contribution in [-0.2, 0) is 6.42 Å². The lowest BCUT2D eigenvalue weighted by atomic mass is 9.85. The van der Waals surface area contributed by atoms with E-state index in [-0.39, 0.29) is 5.92 Å². The van der Waals surface area contributed by atoms with Crippen LogP contribution in [0.4, 0.5) is 0 Å². The Morgan fingerprint density at radius 3 is 2.02 bits per heavy atom. The molecule has 0 saturated heterocycles. The number of furan rings is 1. The van der Waals surface area contributed by atoms with Gasteiger partial charge in [0.25, 0.3) is 0 Å². The highest BCUT2D eigenvalue weighted by atomic mass is 16.3. The largest absolute Gasteiger partial charge is 0.456 e. The third-order valence-electron chi connectivity index (χ3n) is 11.0. The Morgan fingerprint density at radius 1 is 0.527 bits per heavy atom. The first-order chi connectivity index (χ1) is 27.1. The van der Waals surface area contributed by atoms with Gasteiger partial charge >= 0.3 is 0 Å². The van der Waals surface area contributed by atoms with Gasteiger partial charge in [-0.3, -0.25) is 0 Å². The van der Waals surface area contributed by atoms with Crippen molar-refractivity contribution in [3.63, 3.8) is 0 Å². The Morgan fingerprint density at radius 2 is 1.20 bits per heavy atom. The molecule has 10 rings (SSSR count). The highest BCUT2D eigenvalue weighted by Crippen LogP contribution is 2.40. The molecule has 0 radical (unpaired) electrons. The van der Waals surface area contributed by atoms with Crippen LogP contribution in [0.5, 0.6) is 0 Å². The van der Waals surface area contributed by atoms with Gasteiger partial charge in [0.15, 0.2) is 11.6 Å². The third-order valence-corrected chi connectivity index (χ3v) is 11.0. The Bertz CT molecular complexity index is 3020. The molecule has 3 heterocycles. The van der Waals surface area contributed by atoms with E-state index in [1.165, 1.54) is 44.1 Å². The lowest BCUT2D eigenvalue weighted by Crippen LogP contribution is -2.10. The van der Waals surface area contributed by atoms with Crippen LogP contribution in [0.3, 0.4) is 0 Å². The second kappa shape index (κ2) is 13.5. The van der Waals surface area contributed by atoms with Gasteiger partial charge in [-0.05, 0) is 90.0 Å². The minimum atomic E-state index is 0.175. The Balaban J connectivity index is 1.08. The zero-order valence-electron chi connectivity index (χ0n) is 30.8. The Kier molecular flexibility index (Phi) is 8.06. The summed E-state index contributed by atoms with van der Waals surface area (Å²) in [5, 5.41) is 4.68. The standard InChI is InChI=1S/C50H38N4O/c1-3-33(30-48-51-49(34-16-6-4-7-17-34)53-50(52-48)35-26-27-41-40-23-13-15-25-46(40)55-47(41)29-35)37-20-10-11-21-38(37)42-31-43-39-22-12-14-24-44(39)54(45(43)28-32(42)2)36-18-8-5-9-19-36/h4-29,31,33H,3,30H2,1-2H3.